The third-order valence-corrected chi connectivity index (χ3v) is 3.27. The Kier molecular flexibility index (Phi) is 2.73. The molecule has 2 heteroatoms. The quantitative estimate of drug-likeness (QED) is 0.700. The SMILES string of the molecule is CC(c1ccc(N)cc1)C1CCNC1. The molecular formula is C12H18N2. The minimum atomic E-state index is 0.644. The number of rotatable bonds is 2. The van der Waals surface area contributed by atoms with E-state index in [0.29, 0.717) is 5.92 Å². The molecule has 2 atom stereocenters. The summed E-state index contributed by atoms with van der Waals surface area (Å²) in [6.07, 6.45) is 1.30. The molecule has 0 aliphatic carbocycles. The summed E-state index contributed by atoms with van der Waals surface area (Å²) in [4.78, 5) is 0. The van der Waals surface area contributed by atoms with Crippen LogP contribution in [0.5, 0.6) is 0 Å². The molecule has 1 fully saturated rings. The van der Waals surface area contributed by atoms with Gasteiger partial charge in [0, 0.05) is 5.69 Å². The Bertz CT molecular complexity index is 286. The van der Waals surface area contributed by atoms with Gasteiger partial charge in [-0.1, -0.05) is 19.1 Å². The van der Waals surface area contributed by atoms with Crippen molar-refractivity contribution in [2.45, 2.75) is 19.3 Å². The Hall–Kier alpha value is -1.02. The fraction of sp³-hybridized carbons (Fsp3) is 0.500. The third kappa shape index (κ3) is 1.90. The Morgan fingerprint density at radius 1 is 1.36 bits per heavy atom. The summed E-state index contributed by atoms with van der Waals surface area (Å²) in [6, 6.07) is 8.29. The fourth-order valence-electron chi connectivity index (χ4n) is 2.18. The van der Waals surface area contributed by atoms with Gasteiger partial charge in [-0.2, -0.15) is 0 Å². The van der Waals surface area contributed by atoms with E-state index in [1.807, 2.05) is 12.1 Å². The maximum atomic E-state index is 5.67. The van der Waals surface area contributed by atoms with Crippen LogP contribution in [0.4, 0.5) is 5.69 Å². The maximum absolute atomic E-state index is 5.67. The second-order valence-corrected chi connectivity index (χ2v) is 4.21. The normalized spacial score (nSPS) is 23.6. The van der Waals surface area contributed by atoms with Crippen LogP contribution in [0.3, 0.4) is 0 Å². The van der Waals surface area contributed by atoms with Crippen molar-refractivity contribution in [2.75, 3.05) is 18.8 Å². The van der Waals surface area contributed by atoms with Crippen molar-refractivity contribution in [1.29, 1.82) is 0 Å². The van der Waals surface area contributed by atoms with Crippen LogP contribution in [0, 0.1) is 5.92 Å². The molecule has 1 aromatic rings. The molecular weight excluding hydrogens is 172 g/mol. The van der Waals surface area contributed by atoms with Gasteiger partial charge in [0.15, 0.2) is 0 Å². The predicted octanol–water partition coefficient (Wildman–Crippen LogP) is 1.98. The summed E-state index contributed by atoms with van der Waals surface area (Å²) in [5.41, 5.74) is 7.93. The molecule has 1 saturated heterocycles. The zero-order valence-corrected chi connectivity index (χ0v) is 8.66. The molecule has 3 N–H and O–H groups in total. The molecule has 1 aliphatic rings. The molecule has 76 valence electrons. The van der Waals surface area contributed by atoms with E-state index in [1.54, 1.807) is 0 Å². The van der Waals surface area contributed by atoms with Gasteiger partial charge in [0.2, 0.25) is 0 Å². The van der Waals surface area contributed by atoms with E-state index in [-0.39, 0.29) is 0 Å². The molecule has 1 heterocycles. The van der Waals surface area contributed by atoms with Crippen molar-refractivity contribution in [2.24, 2.45) is 5.92 Å². The first-order valence-electron chi connectivity index (χ1n) is 5.33. The molecule has 0 radical (unpaired) electrons. The van der Waals surface area contributed by atoms with E-state index >= 15 is 0 Å². The molecule has 0 saturated carbocycles. The van der Waals surface area contributed by atoms with Gasteiger partial charge < -0.3 is 11.1 Å². The van der Waals surface area contributed by atoms with Gasteiger partial charge in [-0.15, -0.1) is 0 Å². The lowest BCUT2D eigenvalue weighted by Gasteiger charge is -2.18. The zero-order valence-electron chi connectivity index (χ0n) is 8.66. The summed E-state index contributed by atoms with van der Waals surface area (Å²) in [7, 11) is 0. The molecule has 1 aromatic carbocycles. The highest BCUT2D eigenvalue weighted by molar-refractivity contribution is 5.40. The first-order chi connectivity index (χ1) is 6.77. The standard InChI is InChI=1S/C12H18N2/c1-9(11-6-7-14-8-11)10-2-4-12(13)5-3-10/h2-5,9,11,14H,6-8,13H2,1H3. The molecule has 2 rings (SSSR count). The summed E-state index contributed by atoms with van der Waals surface area (Å²) in [5, 5.41) is 3.41. The van der Waals surface area contributed by atoms with Crippen molar-refractivity contribution >= 4 is 5.69 Å². The fourth-order valence-corrected chi connectivity index (χ4v) is 2.18. The maximum Gasteiger partial charge on any atom is 0.0314 e. The van der Waals surface area contributed by atoms with E-state index in [9.17, 15) is 0 Å². The number of nitrogens with two attached hydrogens (primary N) is 1. The van der Waals surface area contributed by atoms with E-state index in [1.165, 1.54) is 18.5 Å². The highest BCUT2D eigenvalue weighted by atomic mass is 14.9. The lowest BCUT2D eigenvalue weighted by molar-refractivity contribution is 0.487. The van der Waals surface area contributed by atoms with Crippen molar-refractivity contribution in [3.63, 3.8) is 0 Å². The van der Waals surface area contributed by atoms with Gasteiger partial charge in [0.1, 0.15) is 0 Å². The first kappa shape index (κ1) is 9.53. The molecule has 0 spiro atoms. The van der Waals surface area contributed by atoms with E-state index in [2.05, 4.69) is 24.4 Å². The first-order valence-corrected chi connectivity index (χ1v) is 5.33. The molecule has 1 aliphatic heterocycles. The minimum Gasteiger partial charge on any atom is -0.399 e. The largest absolute Gasteiger partial charge is 0.399 e. The van der Waals surface area contributed by atoms with Crippen LogP contribution < -0.4 is 11.1 Å². The topological polar surface area (TPSA) is 38.0 Å². The highest BCUT2D eigenvalue weighted by Crippen LogP contribution is 2.28. The van der Waals surface area contributed by atoms with Crippen molar-refractivity contribution < 1.29 is 0 Å². The number of nitrogens with one attached hydrogen (secondary N) is 1. The number of benzene rings is 1. The Balaban J connectivity index is 2.09. The second-order valence-electron chi connectivity index (χ2n) is 4.21. The molecule has 0 bridgehead atoms. The average Bonchev–Trinajstić information content (AvgIpc) is 2.71. The summed E-state index contributed by atoms with van der Waals surface area (Å²) in [5.74, 6) is 1.43. The summed E-state index contributed by atoms with van der Waals surface area (Å²) < 4.78 is 0. The summed E-state index contributed by atoms with van der Waals surface area (Å²) in [6.45, 7) is 4.64. The van der Waals surface area contributed by atoms with Gasteiger partial charge in [0.25, 0.3) is 0 Å². The zero-order chi connectivity index (χ0) is 9.97. The Morgan fingerprint density at radius 2 is 2.07 bits per heavy atom. The van der Waals surface area contributed by atoms with Gasteiger partial charge in [-0.25, -0.2) is 0 Å². The highest BCUT2D eigenvalue weighted by Gasteiger charge is 2.21. The predicted molar refractivity (Wildman–Crippen MR) is 60.2 cm³/mol. The second kappa shape index (κ2) is 4.01. The lowest BCUT2D eigenvalue weighted by atomic mass is 9.87. The molecule has 0 aromatic heterocycles. The van der Waals surface area contributed by atoms with Crippen molar-refractivity contribution in [1.82, 2.24) is 5.32 Å². The van der Waals surface area contributed by atoms with Crippen LogP contribution in [0.2, 0.25) is 0 Å². The van der Waals surface area contributed by atoms with Crippen LogP contribution in [0.15, 0.2) is 24.3 Å². The minimum absolute atomic E-state index is 0.644. The molecule has 2 nitrogen and oxygen atoms in total. The van der Waals surface area contributed by atoms with Crippen molar-refractivity contribution in [3.8, 4) is 0 Å². The van der Waals surface area contributed by atoms with Crippen LogP contribution in [-0.4, -0.2) is 13.1 Å². The Morgan fingerprint density at radius 3 is 2.64 bits per heavy atom. The molecule has 14 heavy (non-hydrogen) atoms. The van der Waals surface area contributed by atoms with Crippen LogP contribution in [-0.2, 0) is 0 Å². The Labute approximate surface area is 85.5 Å². The molecule has 0 amide bonds. The van der Waals surface area contributed by atoms with Gasteiger partial charge in [-0.05, 0) is 49.0 Å². The number of anilines is 1. The van der Waals surface area contributed by atoms with Gasteiger partial charge >= 0.3 is 0 Å². The average molecular weight is 190 g/mol. The van der Waals surface area contributed by atoms with Crippen LogP contribution >= 0.6 is 0 Å². The van der Waals surface area contributed by atoms with E-state index in [0.717, 1.165) is 18.2 Å². The number of hydrogen-bond acceptors (Lipinski definition) is 2. The van der Waals surface area contributed by atoms with E-state index in [4.69, 9.17) is 5.73 Å². The smallest absolute Gasteiger partial charge is 0.0314 e. The van der Waals surface area contributed by atoms with Gasteiger partial charge in [-0.3, -0.25) is 0 Å². The van der Waals surface area contributed by atoms with Gasteiger partial charge in [0.05, 0.1) is 0 Å². The summed E-state index contributed by atoms with van der Waals surface area (Å²) >= 11 is 0. The number of hydrogen-bond donors (Lipinski definition) is 2. The van der Waals surface area contributed by atoms with Crippen molar-refractivity contribution in [3.05, 3.63) is 29.8 Å². The van der Waals surface area contributed by atoms with E-state index < -0.39 is 0 Å². The molecule has 2 unspecified atom stereocenters. The third-order valence-electron chi connectivity index (χ3n) is 3.27. The van der Waals surface area contributed by atoms with Crippen LogP contribution in [0.25, 0.3) is 0 Å². The van der Waals surface area contributed by atoms with Crippen LogP contribution in [0.1, 0.15) is 24.8 Å². The number of nitrogen functional groups attached to an aromatic ring is 1. The monoisotopic (exact) mass is 190 g/mol. The lowest BCUT2D eigenvalue weighted by Crippen LogP contribution is -2.14.